The predicted molar refractivity (Wildman–Crippen MR) is 116 cm³/mol. The van der Waals surface area contributed by atoms with Gasteiger partial charge in [-0.25, -0.2) is 4.98 Å². The Morgan fingerprint density at radius 3 is 2.21 bits per heavy atom. The van der Waals surface area contributed by atoms with Crippen molar-refractivity contribution in [2.45, 2.75) is 0 Å². The van der Waals surface area contributed by atoms with Crippen LogP contribution in [0.3, 0.4) is 0 Å². The first-order chi connectivity index (χ1) is 14.2. The molecule has 140 valence electrons. The SMILES string of the molecule is CN(c1ccccc1)c1nc(Nc2ccccc2C#N)cc(-c2ccccc2)n1. The lowest BCUT2D eigenvalue weighted by molar-refractivity contribution is 1.05. The third-order valence-corrected chi connectivity index (χ3v) is 4.54. The van der Waals surface area contributed by atoms with E-state index >= 15 is 0 Å². The number of anilines is 4. The Balaban J connectivity index is 1.79. The molecule has 0 aliphatic rings. The van der Waals surface area contributed by atoms with Gasteiger partial charge in [-0.05, 0) is 24.3 Å². The zero-order valence-corrected chi connectivity index (χ0v) is 15.9. The van der Waals surface area contributed by atoms with E-state index in [2.05, 4.69) is 11.4 Å². The van der Waals surface area contributed by atoms with Gasteiger partial charge in [-0.15, -0.1) is 0 Å². The second kappa shape index (κ2) is 8.24. The standard InChI is InChI=1S/C24H19N5/c1-29(20-13-6-3-7-14-20)24-27-22(18-10-4-2-5-11-18)16-23(28-24)26-21-15-9-8-12-19(21)17-25/h2-16H,1H3,(H,26,27,28). The number of hydrogen-bond donors (Lipinski definition) is 1. The van der Waals surface area contributed by atoms with Crippen molar-refractivity contribution in [3.8, 4) is 17.3 Å². The summed E-state index contributed by atoms with van der Waals surface area (Å²) < 4.78 is 0. The van der Waals surface area contributed by atoms with Crippen LogP contribution in [-0.2, 0) is 0 Å². The van der Waals surface area contributed by atoms with Gasteiger partial charge in [0.25, 0.3) is 0 Å². The fourth-order valence-corrected chi connectivity index (χ4v) is 3.00. The van der Waals surface area contributed by atoms with Crippen molar-refractivity contribution in [3.05, 3.63) is 96.6 Å². The molecule has 1 heterocycles. The van der Waals surface area contributed by atoms with Crippen LogP contribution in [0, 0.1) is 11.3 Å². The summed E-state index contributed by atoms with van der Waals surface area (Å²) in [5.41, 5.74) is 4.05. The molecule has 0 saturated heterocycles. The highest BCUT2D eigenvalue weighted by Gasteiger charge is 2.13. The van der Waals surface area contributed by atoms with Crippen molar-refractivity contribution in [2.75, 3.05) is 17.3 Å². The first-order valence-corrected chi connectivity index (χ1v) is 9.24. The molecule has 0 atom stereocenters. The highest BCUT2D eigenvalue weighted by Crippen LogP contribution is 2.28. The van der Waals surface area contributed by atoms with E-state index in [4.69, 9.17) is 9.97 Å². The molecule has 0 aliphatic heterocycles. The highest BCUT2D eigenvalue weighted by molar-refractivity contribution is 5.71. The minimum atomic E-state index is 0.560. The molecule has 3 aromatic carbocycles. The summed E-state index contributed by atoms with van der Waals surface area (Å²) in [6.07, 6.45) is 0. The molecule has 4 aromatic rings. The van der Waals surface area contributed by atoms with Crippen molar-refractivity contribution in [1.82, 2.24) is 9.97 Å². The van der Waals surface area contributed by atoms with Crippen LogP contribution in [-0.4, -0.2) is 17.0 Å². The zero-order valence-electron chi connectivity index (χ0n) is 15.9. The van der Waals surface area contributed by atoms with Gasteiger partial charge in [-0.1, -0.05) is 60.7 Å². The van der Waals surface area contributed by atoms with Gasteiger partial charge in [0.05, 0.1) is 16.9 Å². The summed E-state index contributed by atoms with van der Waals surface area (Å²) in [4.78, 5) is 11.4. The minimum absolute atomic E-state index is 0.560. The van der Waals surface area contributed by atoms with Gasteiger partial charge >= 0.3 is 0 Å². The van der Waals surface area contributed by atoms with Crippen LogP contribution in [0.1, 0.15) is 5.56 Å². The number of para-hydroxylation sites is 2. The van der Waals surface area contributed by atoms with E-state index < -0.39 is 0 Å². The van der Waals surface area contributed by atoms with E-state index in [9.17, 15) is 5.26 Å². The molecule has 29 heavy (non-hydrogen) atoms. The van der Waals surface area contributed by atoms with Gasteiger partial charge in [-0.3, -0.25) is 0 Å². The van der Waals surface area contributed by atoms with Gasteiger partial charge < -0.3 is 10.2 Å². The van der Waals surface area contributed by atoms with Gasteiger partial charge in [0.1, 0.15) is 11.9 Å². The molecule has 0 saturated carbocycles. The van der Waals surface area contributed by atoms with E-state index in [0.29, 0.717) is 23.0 Å². The summed E-state index contributed by atoms with van der Waals surface area (Å²) in [5, 5.41) is 12.7. The predicted octanol–water partition coefficient (Wildman–Crippen LogP) is 5.53. The maximum atomic E-state index is 9.39. The highest BCUT2D eigenvalue weighted by atomic mass is 15.3. The topological polar surface area (TPSA) is 64.8 Å². The molecule has 0 bridgehead atoms. The number of rotatable bonds is 5. The fraction of sp³-hybridized carbons (Fsp3) is 0.0417. The summed E-state index contributed by atoms with van der Waals surface area (Å²) in [6.45, 7) is 0. The van der Waals surface area contributed by atoms with Crippen LogP contribution in [0.15, 0.2) is 91.0 Å². The molecule has 5 heteroatoms. The number of nitrogens with zero attached hydrogens (tertiary/aromatic N) is 4. The van der Waals surface area contributed by atoms with Crippen LogP contribution in [0.25, 0.3) is 11.3 Å². The molecular weight excluding hydrogens is 358 g/mol. The first-order valence-electron chi connectivity index (χ1n) is 9.24. The average Bonchev–Trinajstić information content (AvgIpc) is 2.80. The van der Waals surface area contributed by atoms with E-state index in [1.807, 2.05) is 96.9 Å². The van der Waals surface area contributed by atoms with Gasteiger partial charge in [0.15, 0.2) is 0 Å². The lowest BCUT2D eigenvalue weighted by Gasteiger charge is -2.19. The van der Waals surface area contributed by atoms with E-state index in [0.717, 1.165) is 16.9 Å². The lowest BCUT2D eigenvalue weighted by atomic mass is 10.1. The maximum Gasteiger partial charge on any atom is 0.232 e. The molecule has 0 fully saturated rings. The second-order valence-corrected chi connectivity index (χ2v) is 6.48. The monoisotopic (exact) mass is 377 g/mol. The van der Waals surface area contributed by atoms with Crippen LogP contribution in [0.5, 0.6) is 0 Å². The number of nitrogens with one attached hydrogen (secondary N) is 1. The fourth-order valence-electron chi connectivity index (χ4n) is 3.00. The Morgan fingerprint density at radius 2 is 1.48 bits per heavy atom. The largest absolute Gasteiger partial charge is 0.339 e. The smallest absolute Gasteiger partial charge is 0.232 e. The normalized spacial score (nSPS) is 10.2. The Morgan fingerprint density at radius 1 is 0.828 bits per heavy atom. The van der Waals surface area contributed by atoms with Crippen molar-refractivity contribution < 1.29 is 0 Å². The third kappa shape index (κ3) is 4.07. The Hall–Kier alpha value is -4.17. The molecule has 0 spiro atoms. The van der Waals surface area contributed by atoms with Crippen molar-refractivity contribution >= 4 is 23.1 Å². The molecule has 0 radical (unpaired) electrons. The second-order valence-electron chi connectivity index (χ2n) is 6.48. The molecule has 1 aromatic heterocycles. The number of hydrogen-bond acceptors (Lipinski definition) is 5. The third-order valence-electron chi connectivity index (χ3n) is 4.54. The molecule has 4 rings (SSSR count). The van der Waals surface area contributed by atoms with Crippen molar-refractivity contribution in [2.24, 2.45) is 0 Å². The minimum Gasteiger partial charge on any atom is -0.339 e. The Kier molecular flexibility index (Phi) is 5.17. The van der Waals surface area contributed by atoms with Crippen LogP contribution in [0.2, 0.25) is 0 Å². The molecule has 5 nitrogen and oxygen atoms in total. The quantitative estimate of drug-likeness (QED) is 0.496. The van der Waals surface area contributed by atoms with Crippen LogP contribution >= 0.6 is 0 Å². The summed E-state index contributed by atoms with van der Waals surface area (Å²) >= 11 is 0. The molecule has 0 aliphatic carbocycles. The molecular formula is C24H19N5. The van der Waals surface area contributed by atoms with Crippen molar-refractivity contribution in [1.29, 1.82) is 5.26 Å². The summed E-state index contributed by atoms with van der Waals surface area (Å²) in [5.74, 6) is 1.19. The molecule has 0 unspecified atom stereocenters. The lowest BCUT2D eigenvalue weighted by Crippen LogP contribution is -2.14. The Bertz CT molecular complexity index is 1150. The Labute approximate surface area is 169 Å². The van der Waals surface area contributed by atoms with Crippen LogP contribution < -0.4 is 10.2 Å². The number of nitriles is 1. The van der Waals surface area contributed by atoms with Gasteiger partial charge in [0.2, 0.25) is 5.95 Å². The number of benzene rings is 3. The van der Waals surface area contributed by atoms with E-state index in [-0.39, 0.29) is 0 Å². The average molecular weight is 377 g/mol. The van der Waals surface area contributed by atoms with E-state index in [1.165, 1.54) is 0 Å². The summed E-state index contributed by atoms with van der Waals surface area (Å²) in [7, 11) is 1.94. The van der Waals surface area contributed by atoms with Gasteiger partial charge in [-0.2, -0.15) is 10.2 Å². The summed E-state index contributed by atoms with van der Waals surface area (Å²) in [6, 6.07) is 31.4. The van der Waals surface area contributed by atoms with Gasteiger partial charge in [0, 0.05) is 24.4 Å². The molecule has 0 amide bonds. The zero-order chi connectivity index (χ0) is 20.1. The van der Waals surface area contributed by atoms with E-state index in [1.54, 1.807) is 6.07 Å². The number of aromatic nitrogens is 2. The first kappa shape index (κ1) is 18.2. The molecule has 1 N–H and O–H groups in total. The maximum absolute atomic E-state index is 9.39. The van der Waals surface area contributed by atoms with Crippen molar-refractivity contribution in [3.63, 3.8) is 0 Å². The van der Waals surface area contributed by atoms with Crippen LogP contribution in [0.4, 0.5) is 23.1 Å².